The van der Waals surface area contributed by atoms with E-state index in [4.69, 9.17) is 4.74 Å². The molecule has 1 amide bonds. The van der Waals surface area contributed by atoms with E-state index in [0.717, 1.165) is 48.4 Å². The highest BCUT2D eigenvalue weighted by molar-refractivity contribution is 9.10. The Hall–Kier alpha value is -1.07. The fourth-order valence-electron chi connectivity index (χ4n) is 2.04. The Morgan fingerprint density at radius 2 is 2.26 bits per heavy atom. The van der Waals surface area contributed by atoms with Crippen molar-refractivity contribution < 1.29 is 9.53 Å². The van der Waals surface area contributed by atoms with Gasteiger partial charge in [-0.1, -0.05) is 15.9 Å². The van der Waals surface area contributed by atoms with E-state index < -0.39 is 0 Å². The van der Waals surface area contributed by atoms with Crippen LogP contribution in [0.5, 0.6) is 5.75 Å². The third kappa shape index (κ3) is 4.21. The minimum Gasteiger partial charge on any atom is -0.484 e. The molecule has 0 saturated carbocycles. The molecule has 1 heterocycles. The van der Waals surface area contributed by atoms with E-state index in [2.05, 4.69) is 21.2 Å². The van der Waals surface area contributed by atoms with Gasteiger partial charge in [0.25, 0.3) is 5.91 Å². The molecule has 0 radical (unpaired) electrons. The molecule has 1 aromatic carbocycles. The van der Waals surface area contributed by atoms with Crippen molar-refractivity contribution in [3.63, 3.8) is 0 Å². The van der Waals surface area contributed by atoms with Crippen LogP contribution >= 0.6 is 15.9 Å². The van der Waals surface area contributed by atoms with Gasteiger partial charge >= 0.3 is 0 Å². The molecule has 2 rings (SSSR count). The number of halogens is 1. The second-order valence-corrected chi connectivity index (χ2v) is 5.54. The Bertz CT molecular complexity index is 443. The molecular weight excluding hydrogens is 308 g/mol. The summed E-state index contributed by atoms with van der Waals surface area (Å²) < 4.78 is 6.61. The molecular formula is C14H19BrN2O2. The highest BCUT2D eigenvalue weighted by Crippen LogP contribution is 2.21. The van der Waals surface area contributed by atoms with Crippen molar-refractivity contribution in [2.75, 3.05) is 32.8 Å². The van der Waals surface area contributed by atoms with E-state index >= 15 is 0 Å². The summed E-state index contributed by atoms with van der Waals surface area (Å²) in [6, 6.07) is 5.74. The van der Waals surface area contributed by atoms with Gasteiger partial charge in [0.1, 0.15) is 5.75 Å². The standard InChI is InChI=1S/C14H19BrN2O2/c1-11-9-12(3-4-13(11)15)19-10-14(18)17-7-2-5-16-6-8-17/h3-4,9,16H,2,5-8,10H2,1H3. The molecule has 19 heavy (non-hydrogen) atoms. The number of carbonyl (C=O) groups is 1. The molecule has 5 heteroatoms. The van der Waals surface area contributed by atoms with Crippen LogP contribution in [0.15, 0.2) is 22.7 Å². The molecule has 0 atom stereocenters. The van der Waals surface area contributed by atoms with Crippen LogP contribution in [0.3, 0.4) is 0 Å². The summed E-state index contributed by atoms with van der Waals surface area (Å²) in [5, 5.41) is 3.28. The van der Waals surface area contributed by atoms with Gasteiger partial charge in [-0.25, -0.2) is 0 Å². The minimum atomic E-state index is 0.0595. The Labute approximate surface area is 122 Å². The molecule has 4 nitrogen and oxygen atoms in total. The van der Waals surface area contributed by atoms with E-state index in [9.17, 15) is 4.79 Å². The molecule has 0 bridgehead atoms. The maximum atomic E-state index is 12.0. The largest absolute Gasteiger partial charge is 0.484 e. The second-order valence-electron chi connectivity index (χ2n) is 4.68. The van der Waals surface area contributed by atoms with E-state index in [1.807, 2.05) is 30.0 Å². The van der Waals surface area contributed by atoms with Crippen molar-refractivity contribution in [3.8, 4) is 5.75 Å². The van der Waals surface area contributed by atoms with Gasteiger partial charge in [0, 0.05) is 24.1 Å². The maximum absolute atomic E-state index is 12.0. The van der Waals surface area contributed by atoms with Crippen LogP contribution in [0.25, 0.3) is 0 Å². The van der Waals surface area contributed by atoms with Crippen LogP contribution in [-0.2, 0) is 4.79 Å². The maximum Gasteiger partial charge on any atom is 0.260 e. The average molecular weight is 327 g/mol. The monoisotopic (exact) mass is 326 g/mol. The first-order valence-corrected chi connectivity index (χ1v) is 7.33. The quantitative estimate of drug-likeness (QED) is 0.923. The summed E-state index contributed by atoms with van der Waals surface area (Å²) in [5.41, 5.74) is 1.10. The third-order valence-electron chi connectivity index (χ3n) is 3.18. The Morgan fingerprint density at radius 1 is 1.42 bits per heavy atom. The Morgan fingerprint density at radius 3 is 3.05 bits per heavy atom. The molecule has 1 aliphatic heterocycles. The zero-order valence-electron chi connectivity index (χ0n) is 11.1. The average Bonchev–Trinajstić information content (AvgIpc) is 2.69. The lowest BCUT2D eigenvalue weighted by molar-refractivity contribution is -0.133. The van der Waals surface area contributed by atoms with Crippen LogP contribution in [0.2, 0.25) is 0 Å². The van der Waals surface area contributed by atoms with Crippen molar-refractivity contribution in [1.82, 2.24) is 10.2 Å². The highest BCUT2D eigenvalue weighted by atomic mass is 79.9. The SMILES string of the molecule is Cc1cc(OCC(=O)N2CCCNCC2)ccc1Br. The molecule has 104 valence electrons. The summed E-state index contributed by atoms with van der Waals surface area (Å²) in [6.45, 7) is 5.54. The fourth-order valence-corrected chi connectivity index (χ4v) is 2.29. The van der Waals surface area contributed by atoms with Crippen molar-refractivity contribution in [2.45, 2.75) is 13.3 Å². The molecule has 0 unspecified atom stereocenters. The van der Waals surface area contributed by atoms with Crippen molar-refractivity contribution in [1.29, 1.82) is 0 Å². The molecule has 1 aliphatic rings. The number of nitrogens with one attached hydrogen (secondary N) is 1. The zero-order valence-corrected chi connectivity index (χ0v) is 12.7. The first-order chi connectivity index (χ1) is 9.16. The Balaban J connectivity index is 1.86. The number of aryl methyl sites for hydroxylation is 1. The molecule has 1 aromatic rings. The number of carbonyl (C=O) groups excluding carboxylic acids is 1. The van der Waals surface area contributed by atoms with Crippen LogP contribution in [-0.4, -0.2) is 43.6 Å². The third-order valence-corrected chi connectivity index (χ3v) is 4.07. The van der Waals surface area contributed by atoms with Gasteiger partial charge < -0.3 is 15.0 Å². The zero-order chi connectivity index (χ0) is 13.7. The van der Waals surface area contributed by atoms with E-state index in [1.54, 1.807) is 0 Å². The van der Waals surface area contributed by atoms with E-state index in [0.29, 0.717) is 0 Å². The topological polar surface area (TPSA) is 41.6 Å². The number of rotatable bonds is 3. The summed E-state index contributed by atoms with van der Waals surface area (Å²) in [7, 11) is 0. The summed E-state index contributed by atoms with van der Waals surface area (Å²) in [6.07, 6.45) is 1.00. The highest BCUT2D eigenvalue weighted by Gasteiger charge is 2.15. The lowest BCUT2D eigenvalue weighted by atomic mass is 10.2. The summed E-state index contributed by atoms with van der Waals surface area (Å²) in [5.74, 6) is 0.797. The number of ether oxygens (including phenoxy) is 1. The van der Waals surface area contributed by atoms with Crippen molar-refractivity contribution in [3.05, 3.63) is 28.2 Å². The van der Waals surface area contributed by atoms with Gasteiger partial charge in [0.05, 0.1) is 0 Å². The van der Waals surface area contributed by atoms with Crippen LogP contribution in [0, 0.1) is 6.92 Å². The van der Waals surface area contributed by atoms with Crippen LogP contribution < -0.4 is 10.1 Å². The number of hydrogen-bond donors (Lipinski definition) is 1. The molecule has 1 N–H and O–H groups in total. The Kier molecular flexibility index (Phi) is 5.22. The smallest absolute Gasteiger partial charge is 0.260 e. The number of benzene rings is 1. The number of amides is 1. The summed E-state index contributed by atoms with van der Waals surface area (Å²) in [4.78, 5) is 13.9. The first-order valence-electron chi connectivity index (χ1n) is 6.54. The number of nitrogens with zero attached hydrogens (tertiary/aromatic N) is 1. The molecule has 0 aromatic heterocycles. The lowest BCUT2D eigenvalue weighted by Crippen LogP contribution is -2.37. The molecule has 0 spiro atoms. The van der Waals surface area contributed by atoms with Gasteiger partial charge in [-0.15, -0.1) is 0 Å². The first kappa shape index (κ1) is 14.3. The summed E-state index contributed by atoms with van der Waals surface area (Å²) >= 11 is 3.44. The molecule has 1 fully saturated rings. The van der Waals surface area contributed by atoms with Crippen LogP contribution in [0.1, 0.15) is 12.0 Å². The normalized spacial score (nSPS) is 16.0. The van der Waals surface area contributed by atoms with Crippen molar-refractivity contribution in [2.24, 2.45) is 0 Å². The van der Waals surface area contributed by atoms with Gasteiger partial charge in [0.15, 0.2) is 6.61 Å². The van der Waals surface area contributed by atoms with E-state index in [1.165, 1.54) is 0 Å². The fraction of sp³-hybridized carbons (Fsp3) is 0.500. The molecule has 0 aliphatic carbocycles. The predicted molar refractivity (Wildman–Crippen MR) is 78.4 cm³/mol. The van der Waals surface area contributed by atoms with Gasteiger partial charge in [-0.3, -0.25) is 4.79 Å². The predicted octanol–water partition coefficient (Wildman–Crippen LogP) is 1.96. The second kappa shape index (κ2) is 6.91. The molecule has 1 saturated heterocycles. The van der Waals surface area contributed by atoms with E-state index in [-0.39, 0.29) is 12.5 Å². The van der Waals surface area contributed by atoms with Crippen molar-refractivity contribution >= 4 is 21.8 Å². The van der Waals surface area contributed by atoms with Gasteiger partial charge in [-0.05, 0) is 43.7 Å². The van der Waals surface area contributed by atoms with Gasteiger partial charge in [0.2, 0.25) is 0 Å². The van der Waals surface area contributed by atoms with Crippen LogP contribution in [0.4, 0.5) is 0 Å². The van der Waals surface area contributed by atoms with Gasteiger partial charge in [-0.2, -0.15) is 0 Å². The number of hydrogen-bond acceptors (Lipinski definition) is 3. The minimum absolute atomic E-state index is 0.0595. The lowest BCUT2D eigenvalue weighted by Gasteiger charge is -2.20.